The van der Waals surface area contributed by atoms with Crippen molar-refractivity contribution in [2.45, 2.75) is 25.9 Å². The van der Waals surface area contributed by atoms with Crippen LogP contribution in [0, 0.1) is 0 Å². The third kappa shape index (κ3) is 4.28. The number of aryl methyl sites for hydroxylation is 1. The minimum atomic E-state index is -0.976. The molecule has 0 aliphatic heterocycles. The Morgan fingerprint density at radius 2 is 1.84 bits per heavy atom. The molecular formula is C19H24N2O4. The van der Waals surface area contributed by atoms with Crippen molar-refractivity contribution in [3.8, 4) is 11.5 Å². The quantitative estimate of drug-likeness (QED) is 0.794. The van der Waals surface area contributed by atoms with E-state index in [1.165, 1.54) is 14.2 Å². The first-order chi connectivity index (χ1) is 12.0. The first kappa shape index (κ1) is 18.7. The monoisotopic (exact) mass is 344 g/mol. The van der Waals surface area contributed by atoms with Gasteiger partial charge in [-0.1, -0.05) is 19.1 Å². The summed E-state index contributed by atoms with van der Waals surface area (Å²) in [6, 6.07) is 8.25. The lowest BCUT2D eigenvalue weighted by Crippen LogP contribution is -2.31. The number of rotatable bonds is 8. The van der Waals surface area contributed by atoms with Gasteiger partial charge in [0.15, 0.2) is 0 Å². The van der Waals surface area contributed by atoms with Gasteiger partial charge >= 0.3 is 5.97 Å². The maximum atomic E-state index is 12.0. The summed E-state index contributed by atoms with van der Waals surface area (Å²) < 4.78 is 10.7. The molecule has 0 radical (unpaired) electrons. The Morgan fingerprint density at radius 3 is 2.28 bits per heavy atom. The Balaban J connectivity index is 2.35. The van der Waals surface area contributed by atoms with Gasteiger partial charge in [-0.15, -0.1) is 0 Å². The number of carbonyl (C=O) groups is 1. The molecule has 134 valence electrons. The molecule has 1 N–H and O–H groups in total. The largest absolute Gasteiger partial charge is 0.496 e. The number of carboxylic acids is 1. The highest BCUT2D eigenvalue weighted by molar-refractivity contribution is 5.78. The zero-order valence-corrected chi connectivity index (χ0v) is 15.0. The average Bonchev–Trinajstić information content (AvgIpc) is 2.62. The number of likely N-dealkylation sites (N-methyl/N-ethyl adjacent to an activating group) is 1. The summed E-state index contributed by atoms with van der Waals surface area (Å²) >= 11 is 0. The molecule has 1 heterocycles. The number of hydrogen-bond donors (Lipinski definition) is 1. The van der Waals surface area contributed by atoms with E-state index in [1.807, 2.05) is 18.3 Å². The van der Waals surface area contributed by atoms with Crippen LogP contribution in [-0.2, 0) is 17.8 Å². The maximum Gasteiger partial charge on any atom is 0.325 e. The van der Waals surface area contributed by atoms with E-state index < -0.39 is 12.0 Å². The highest BCUT2D eigenvalue weighted by Crippen LogP contribution is 2.37. The van der Waals surface area contributed by atoms with Crippen LogP contribution >= 0.6 is 0 Å². The average molecular weight is 344 g/mol. The van der Waals surface area contributed by atoms with Crippen molar-refractivity contribution < 1.29 is 19.4 Å². The second kappa shape index (κ2) is 8.48. The lowest BCUT2D eigenvalue weighted by Gasteiger charge is -2.27. The maximum absolute atomic E-state index is 12.0. The third-order valence-electron chi connectivity index (χ3n) is 4.12. The number of aliphatic carboxylic acids is 1. The van der Waals surface area contributed by atoms with Gasteiger partial charge < -0.3 is 14.6 Å². The predicted molar refractivity (Wildman–Crippen MR) is 95.0 cm³/mol. The molecule has 6 heteroatoms. The lowest BCUT2D eigenvalue weighted by atomic mass is 10.0. The minimum Gasteiger partial charge on any atom is -0.496 e. The SMILES string of the molecule is CCc1ccc(CN(C)C(C(=O)O)c2c(OC)cccc2OC)nc1. The summed E-state index contributed by atoms with van der Waals surface area (Å²) in [6.45, 7) is 2.46. The van der Waals surface area contributed by atoms with Crippen LogP contribution in [0.5, 0.6) is 11.5 Å². The van der Waals surface area contributed by atoms with Gasteiger partial charge in [-0.05, 0) is 37.2 Å². The Labute approximate surface area is 148 Å². The summed E-state index contributed by atoms with van der Waals surface area (Å²) in [5, 5.41) is 9.82. The Hall–Kier alpha value is -2.60. The second-order valence-corrected chi connectivity index (χ2v) is 5.74. The first-order valence-corrected chi connectivity index (χ1v) is 8.09. The molecular weight excluding hydrogens is 320 g/mol. The molecule has 0 amide bonds. The van der Waals surface area contributed by atoms with Crippen molar-refractivity contribution in [1.82, 2.24) is 9.88 Å². The number of aromatic nitrogens is 1. The molecule has 1 aromatic carbocycles. The highest BCUT2D eigenvalue weighted by atomic mass is 16.5. The van der Waals surface area contributed by atoms with Crippen LogP contribution in [0.15, 0.2) is 36.5 Å². The van der Waals surface area contributed by atoms with Gasteiger partial charge in [0.05, 0.1) is 25.5 Å². The van der Waals surface area contributed by atoms with Crippen LogP contribution in [-0.4, -0.2) is 42.2 Å². The molecule has 2 rings (SSSR count). The van der Waals surface area contributed by atoms with E-state index in [2.05, 4.69) is 11.9 Å². The molecule has 0 saturated heterocycles. The summed E-state index contributed by atoms with van der Waals surface area (Å²) in [7, 11) is 4.78. The van der Waals surface area contributed by atoms with E-state index in [4.69, 9.17) is 9.47 Å². The number of ether oxygens (including phenoxy) is 2. The topological polar surface area (TPSA) is 71.9 Å². The molecule has 0 aliphatic rings. The van der Waals surface area contributed by atoms with Gasteiger partial charge in [0, 0.05) is 12.7 Å². The number of benzene rings is 1. The number of carboxylic acid groups (broad SMARTS) is 1. The van der Waals surface area contributed by atoms with Crippen molar-refractivity contribution in [2.24, 2.45) is 0 Å². The fourth-order valence-electron chi connectivity index (χ4n) is 2.79. The van der Waals surface area contributed by atoms with E-state index >= 15 is 0 Å². The molecule has 2 aromatic rings. The Bertz CT molecular complexity index is 694. The lowest BCUT2D eigenvalue weighted by molar-refractivity contribution is -0.143. The van der Waals surface area contributed by atoms with Gasteiger partial charge in [-0.2, -0.15) is 0 Å². The van der Waals surface area contributed by atoms with Crippen molar-refractivity contribution in [2.75, 3.05) is 21.3 Å². The van der Waals surface area contributed by atoms with Crippen LogP contribution in [0.2, 0.25) is 0 Å². The fraction of sp³-hybridized carbons (Fsp3) is 0.368. The fourth-order valence-corrected chi connectivity index (χ4v) is 2.79. The van der Waals surface area contributed by atoms with Crippen LogP contribution in [0.1, 0.15) is 29.8 Å². The van der Waals surface area contributed by atoms with E-state index in [9.17, 15) is 9.90 Å². The second-order valence-electron chi connectivity index (χ2n) is 5.74. The van der Waals surface area contributed by atoms with Crippen LogP contribution in [0.4, 0.5) is 0 Å². The summed E-state index contributed by atoms with van der Waals surface area (Å²) in [4.78, 5) is 18.1. The van der Waals surface area contributed by atoms with E-state index in [-0.39, 0.29) is 0 Å². The van der Waals surface area contributed by atoms with E-state index in [0.717, 1.165) is 17.7 Å². The molecule has 25 heavy (non-hydrogen) atoms. The van der Waals surface area contributed by atoms with Gasteiger partial charge in [0.25, 0.3) is 0 Å². The standard InChI is InChI=1S/C19H24N2O4/c1-5-13-9-10-14(20-11-13)12-21(2)18(19(22)23)17-15(24-3)7-6-8-16(17)25-4/h6-11,18H,5,12H2,1-4H3,(H,22,23). The molecule has 1 aromatic heterocycles. The molecule has 1 atom stereocenters. The Kier molecular flexibility index (Phi) is 6.36. The highest BCUT2D eigenvalue weighted by Gasteiger charge is 2.31. The Morgan fingerprint density at radius 1 is 1.20 bits per heavy atom. The number of nitrogens with zero attached hydrogens (tertiary/aromatic N) is 2. The van der Waals surface area contributed by atoms with Crippen molar-refractivity contribution in [3.05, 3.63) is 53.3 Å². The summed E-state index contributed by atoms with van der Waals surface area (Å²) in [5.74, 6) is -0.0174. The van der Waals surface area contributed by atoms with Crippen LogP contribution in [0.3, 0.4) is 0 Å². The third-order valence-corrected chi connectivity index (χ3v) is 4.12. The van der Waals surface area contributed by atoms with E-state index in [1.54, 1.807) is 30.1 Å². The summed E-state index contributed by atoms with van der Waals surface area (Å²) in [5.41, 5.74) is 2.44. The van der Waals surface area contributed by atoms with Crippen molar-refractivity contribution in [3.63, 3.8) is 0 Å². The molecule has 0 fully saturated rings. The zero-order valence-electron chi connectivity index (χ0n) is 15.0. The minimum absolute atomic E-state index is 0.391. The van der Waals surface area contributed by atoms with Crippen LogP contribution < -0.4 is 9.47 Å². The van der Waals surface area contributed by atoms with Gasteiger partial charge in [-0.3, -0.25) is 14.7 Å². The van der Waals surface area contributed by atoms with Crippen molar-refractivity contribution in [1.29, 1.82) is 0 Å². The number of pyridine rings is 1. The van der Waals surface area contributed by atoms with Crippen LogP contribution in [0.25, 0.3) is 0 Å². The van der Waals surface area contributed by atoms with Gasteiger partial charge in [-0.25, -0.2) is 0 Å². The molecule has 1 unspecified atom stereocenters. The molecule has 0 bridgehead atoms. The molecule has 6 nitrogen and oxygen atoms in total. The smallest absolute Gasteiger partial charge is 0.325 e. The normalized spacial score (nSPS) is 12.0. The predicted octanol–water partition coefficient (Wildman–Crippen LogP) is 2.92. The first-order valence-electron chi connectivity index (χ1n) is 8.09. The van der Waals surface area contributed by atoms with Gasteiger partial charge in [0.2, 0.25) is 0 Å². The zero-order chi connectivity index (χ0) is 18.4. The molecule has 0 saturated carbocycles. The van der Waals surface area contributed by atoms with E-state index in [0.29, 0.717) is 23.6 Å². The van der Waals surface area contributed by atoms with Crippen molar-refractivity contribution >= 4 is 5.97 Å². The summed E-state index contributed by atoms with van der Waals surface area (Å²) in [6.07, 6.45) is 2.74. The molecule has 0 aliphatic carbocycles. The van der Waals surface area contributed by atoms with Gasteiger partial charge in [0.1, 0.15) is 17.5 Å². The number of methoxy groups -OCH3 is 2. The number of hydrogen-bond acceptors (Lipinski definition) is 5. The molecule has 0 spiro atoms.